The number of aliphatic hydroxyl groups excluding tert-OH is 2. The van der Waals surface area contributed by atoms with Crippen LogP contribution >= 0.6 is 0 Å². The van der Waals surface area contributed by atoms with Crippen LogP contribution in [0.2, 0.25) is 0 Å². The zero-order chi connectivity index (χ0) is 11.4. The molecule has 0 aromatic heterocycles. The monoisotopic (exact) mass is 208 g/mol. The van der Waals surface area contributed by atoms with Gasteiger partial charge in [-0.05, 0) is 13.8 Å². The van der Waals surface area contributed by atoms with E-state index in [0.717, 1.165) is 0 Å². The van der Waals surface area contributed by atoms with Crippen LogP contribution in [0.3, 0.4) is 0 Å². The lowest BCUT2D eigenvalue weighted by Crippen LogP contribution is -2.06. The molecule has 0 saturated carbocycles. The Balaban J connectivity index is 0. The summed E-state index contributed by atoms with van der Waals surface area (Å²) in [5.74, 6) is -0.213. The molecule has 2 N–H and O–H groups in total. The first-order valence-electron chi connectivity index (χ1n) is 4.51. The summed E-state index contributed by atoms with van der Waals surface area (Å²) in [5.41, 5.74) is 0. The van der Waals surface area contributed by atoms with Crippen molar-refractivity contribution in [1.29, 1.82) is 0 Å². The van der Waals surface area contributed by atoms with Crippen molar-refractivity contribution in [2.24, 2.45) is 0 Å². The normalized spacial score (nSPS) is 9.29. The standard InChI is InChI=1S/C5H10O2.C4H10O3/c1-4(2)7-5(3)6;5-1-3-7-4-2-6/h4H,1-3H3;5-6H,1-4H2. The summed E-state index contributed by atoms with van der Waals surface area (Å²) in [6.07, 6.45) is 0.0255. The SMILES string of the molecule is CC(=O)OC(C)C.OCCOCCO. The average Bonchev–Trinajstić information content (AvgIpc) is 2.04. The molecule has 5 heteroatoms. The fourth-order valence-corrected chi connectivity index (χ4v) is 0.563. The summed E-state index contributed by atoms with van der Waals surface area (Å²) in [6.45, 7) is 5.74. The molecule has 0 bridgehead atoms. The maximum atomic E-state index is 10.0. The van der Waals surface area contributed by atoms with E-state index in [4.69, 9.17) is 10.2 Å². The Labute approximate surface area is 84.6 Å². The summed E-state index contributed by atoms with van der Waals surface area (Å²) in [6, 6.07) is 0. The van der Waals surface area contributed by atoms with Crippen molar-refractivity contribution in [3.8, 4) is 0 Å². The highest BCUT2D eigenvalue weighted by Gasteiger charge is 1.93. The smallest absolute Gasteiger partial charge is 0.302 e. The minimum absolute atomic E-state index is 0.0255. The number of hydrogen-bond donors (Lipinski definition) is 2. The molecule has 0 aromatic carbocycles. The van der Waals surface area contributed by atoms with Crippen LogP contribution in [-0.2, 0) is 14.3 Å². The fraction of sp³-hybridized carbons (Fsp3) is 0.889. The van der Waals surface area contributed by atoms with Crippen LogP contribution in [0.15, 0.2) is 0 Å². The number of carbonyl (C=O) groups excluding carboxylic acids is 1. The van der Waals surface area contributed by atoms with Gasteiger partial charge in [0, 0.05) is 6.92 Å². The lowest BCUT2D eigenvalue weighted by Gasteiger charge is -2.01. The van der Waals surface area contributed by atoms with Crippen molar-refractivity contribution in [2.45, 2.75) is 26.9 Å². The van der Waals surface area contributed by atoms with Crippen LogP contribution < -0.4 is 0 Å². The molecule has 14 heavy (non-hydrogen) atoms. The number of aliphatic hydroxyl groups is 2. The Morgan fingerprint density at radius 1 is 1.21 bits per heavy atom. The van der Waals surface area contributed by atoms with E-state index in [0.29, 0.717) is 13.2 Å². The van der Waals surface area contributed by atoms with Gasteiger partial charge in [-0.3, -0.25) is 4.79 Å². The third-order valence-electron chi connectivity index (χ3n) is 0.873. The lowest BCUT2D eigenvalue weighted by atomic mass is 10.5. The average molecular weight is 208 g/mol. The van der Waals surface area contributed by atoms with E-state index in [1.807, 2.05) is 13.8 Å². The van der Waals surface area contributed by atoms with E-state index in [2.05, 4.69) is 9.47 Å². The highest BCUT2D eigenvalue weighted by atomic mass is 16.5. The van der Waals surface area contributed by atoms with Gasteiger partial charge in [-0.1, -0.05) is 0 Å². The van der Waals surface area contributed by atoms with Gasteiger partial charge in [0.2, 0.25) is 0 Å². The van der Waals surface area contributed by atoms with Crippen LogP contribution in [0.1, 0.15) is 20.8 Å². The molecule has 0 spiro atoms. The number of ether oxygens (including phenoxy) is 2. The van der Waals surface area contributed by atoms with E-state index in [1.54, 1.807) is 0 Å². The Morgan fingerprint density at radius 2 is 1.64 bits per heavy atom. The van der Waals surface area contributed by atoms with Crippen molar-refractivity contribution >= 4 is 5.97 Å². The van der Waals surface area contributed by atoms with Crippen molar-refractivity contribution in [3.63, 3.8) is 0 Å². The second-order valence-electron chi connectivity index (χ2n) is 2.72. The first-order chi connectivity index (χ1) is 6.54. The number of esters is 1. The highest BCUT2D eigenvalue weighted by Crippen LogP contribution is 1.85. The molecule has 0 rings (SSSR count). The Hall–Kier alpha value is -0.650. The summed E-state index contributed by atoms with van der Waals surface area (Å²) in [5, 5.41) is 16.2. The predicted molar refractivity (Wildman–Crippen MR) is 51.9 cm³/mol. The zero-order valence-electron chi connectivity index (χ0n) is 9.02. The zero-order valence-corrected chi connectivity index (χ0v) is 9.02. The van der Waals surface area contributed by atoms with Gasteiger partial charge in [0.1, 0.15) is 0 Å². The van der Waals surface area contributed by atoms with Crippen LogP contribution in [-0.4, -0.2) is 48.7 Å². The maximum Gasteiger partial charge on any atom is 0.302 e. The molecule has 0 amide bonds. The Morgan fingerprint density at radius 3 is 1.79 bits per heavy atom. The second kappa shape index (κ2) is 12.3. The van der Waals surface area contributed by atoms with Gasteiger partial charge in [0.05, 0.1) is 32.5 Å². The van der Waals surface area contributed by atoms with Gasteiger partial charge in [0.25, 0.3) is 0 Å². The Kier molecular flexibility index (Phi) is 13.9. The summed E-state index contributed by atoms with van der Waals surface area (Å²) in [7, 11) is 0. The van der Waals surface area contributed by atoms with Crippen LogP contribution in [0.25, 0.3) is 0 Å². The molecule has 0 aliphatic heterocycles. The van der Waals surface area contributed by atoms with E-state index < -0.39 is 0 Å². The summed E-state index contributed by atoms with van der Waals surface area (Å²) >= 11 is 0. The number of rotatable bonds is 5. The van der Waals surface area contributed by atoms with E-state index in [9.17, 15) is 4.79 Å². The molecule has 0 heterocycles. The number of carbonyl (C=O) groups is 1. The Bertz CT molecular complexity index is 120. The van der Waals surface area contributed by atoms with Gasteiger partial charge in [-0.2, -0.15) is 0 Å². The van der Waals surface area contributed by atoms with Crippen LogP contribution in [0.5, 0.6) is 0 Å². The number of hydrogen-bond acceptors (Lipinski definition) is 5. The third-order valence-corrected chi connectivity index (χ3v) is 0.873. The molecule has 0 aliphatic rings. The molecule has 0 aromatic rings. The van der Waals surface area contributed by atoms with E-state index in [1.165, 1.54) is 6.92 Å². The van der Waals surface area contributed by atoms with E-state index >= 15 is 0 Å². The molecule has 0 aliphatic carbocycles. The molecule has 86 valence electrons. The van der Waals surface area contributed by atoms with Crippen LogP contribution in [0.4, 0.5) is 0 Å². The highest BCUT2D eigenvalue weighted by molar-refractivity contribution is 5.66. The maximum absolute atomic E-state index is 10.0. The van der Waals surface area contributed by atoms with Crippen molar-refractivity contribution in [1.82, 2.24) is 0 Å². The quantitative estimate of drug-likeness (QED) is 0.489. The largest absolute Gasteiger partial charge is 0.463 e. The predicted octanol–water partition coefficient (Wildman–Crippen LogP) is -0.0545. The molecule has 0 fully saturated rings. The third kappa shape index (κ3) is 22.5. The summed E-state index contributed by atoms with van der Waals surface area (Å²) in [4.78, 5) is 10.0. The van der Waals surface area contributed by atoms with Gasteiger partial charge < -0.3 is 19.7 Å². The first-order valence-corrected chi connectivity index (χ1v) is 4.51. The van der Waals surface area contributed by atoms with Crippen molar-refractivity contribution in [3.05, 3.63) is 0 Å². The molecular formula is C9H20O5. The van der Waals surface area contributed by atoms with Gasteiger partial charge in [-0.25, -0.2) is 0 Å². The molecule has 0 atom stereocenters. The van der Waals surface area contributed by atoms with Crippen molar-refractivity contribution in [2.75, 3.05) is 26.4 Å². The fourth-order valence-electron chi connectivity index (χ4n) is 0.563. The molecule has 0 saturated heterocycles. The van der Waals surface area contributed by atoms with Gasteiger partial charge >= 0.3 is 5.97 Å². The molecule has 5 nitrogen and oxygen atoms in total. The molecular weight excluding hydrogens is 188 g/mol. The second-order valence-corrected chi connectivity index (χ2v) is 2.72. The lowest BCUT2D eigenvalue weighted by molar-refractivity contribution is -0.144. The van der Waals surface area contributed by atoms with E-state index in [-0.39, 0.29) is 25.3 Å². The van der Waals surface area contributed by atoms with Gasteiger partial charge in [0.15, 0.2) is 0 Å². The minimum Gasteiger partial charge on any atom is -0.463 e. The topological polar surface area (TPSA) is 76.0 Å². The van der Waals surface area contributed by atoms with Crippen LogP contribution in [0, 0.1) is 0 Å². The molecule has 0 unspecified atom stereocenters. The summed E-state index contributed by atoms with van der Waals surface area (Å²) < 4.78 is 9.24. The first kappa shape index (κ1) is 15.8. The van der Waals surface area contributed by atoms with Gasteiger partial charge in [-0.15, -0.1) is 0 Å². The molecule has 0 radical (unpaired) electrons. The van der Waals surface area contributed by atoms with Crippen molar-refractivity contribution < 1.29 is 24.5 Å². The minimum atomic E-state index is -0.213.